The lowest BCUT2D eigenvalue weighted by Gasteiger charge is -2.22. The molecule has 0 aliphatic carbocycles. The number of amides is 1. The molecule has 154 valence electrons. The summed E-state index contributed by atoms with van der Waals surface area (Å²) in [6.07, 6.45) is 0. The van der Waals surface area contributed by atoms with E-state index in [-0.39, 0.29) is 17.8 Å². The van der Waals surface area contributed by atoms with Gasteiger partial charge in [0.25, 0.3) is 0 Å². The Hall–Kier alpha value is -2.22. The van der Waals surface area contributed by atoms with Gasteiger partial charge in [-0.25, -0.2) is 4.68 Å². The molecule has 28 heavy (non-hydrogen) atoms. The van der Waals surface area contributed by atoms with Crippen molar-refractivity contribution >= 4 is 17.7 Å². The predicted octanol–water partition coefficient (Wildman–Crippen LogP) is 3.35. The zero-order chi connectivity index (χ0) is 20.8. The number of rotatable bonds is 9. The van der Waals surface area contributed by atoms with Crippen molar-refractivity contribution in [3.8, 4) is 5.75 Å². The van der Waals surface area contributed by atoms with Gasteiger partial charge in [0.05, 0.1) is 5.25 Å². The lowest BCUT2D eigenvalue weighted by atomic mass is 10.0. The summed E-state index contributed by atoms with van der Waals surface area (Å²) in [6.45, 7) is 13.7. The van der Waals surface area contributed by atoms with E-state index in [1.165, 1.54) is 16.4 Å². The monoisotopic (exact) mass is 405 g/mol. The van der Waals surface area contributed by atoms with Crippen LogP contribution in [0.2, 0.25) is 0 Å². The maximum absolute atomic E-state index is 12.5. The van der Waals surface area contributed by atoms with Crippen molar-refractivity contribution in [1.82, 2.24) is 19.8 Å². The van der Waals surface area contributed by atoms with E-state index in [1.807, 2.05) is 33.8 Å². The van der Waals surface area contributed by atoms with Crippen LogP contribution in [-0.2, 0) is 11.4 Å². The average Bonchev–Trinajstić information content (AvgIpc) is 3.00. The highest BCUT2D eigenvalue weighted by atomic mass is 32.2. The van der Waals surface area contributed by atoms with Crippen molar-refractivity contribution in [3.63, 3.8) is 0 Å². The van der Waals surface area contributed by atoms with Crippen LogP contribution in [0.1, 0.15) is 57.5 Å². The molecule has 2 N–H and O–H groups in total. The van der Waals surface area contributed by atoms with Crippen molar-refractivity contribution in [2.75, 3.05) is 18.9 Å². The number of aromatic nitrogens is 3. The van der Waals surface area contributed by atoms with Crippen LogP contribution >= 0.6 is 11.8 Å². The fraction of sp³-hybridized carbons (Fsp3) is 0.550. The number of benzene rings is 1. The third kappa shape index (κ3) is 5.19. The number of nitrogens with two attached hydrogens (primary N) is 1. The van der Waals surface area contributed by atoms with E-state index < -0.39 is 0 Å². The van der Waals surface area contributed by atoms with Crippen molar-refractivity contribution in [1.29, 1.82) is 0 Å². The Kier molecular flexibility index (Phi) is 7.74. The Balaban J connectivity index is 2.08. The van der Waals surface area contributed by atoms with E-state index in [0.29, 0.717) is 30.0 Å². The Morgan fingerprint density at radius 3 is 2.54 bits per heavy atom. The number of thioether (sulfide) groups is 1. The van der Waals surface area contributed by atoms with Gasteiger partial charge in [0.2, 0.25) is 11.1 Å². The predicted molar refractivity (Wildman–Crippen MR) is 113 cm³/mol. The van der Waals surface area contributed by atoms with Crippen molar-refractivity contribution in [3.05, 3.63) is 35.2 Å². The molecule has 8 heteroatoms. The molecule has 0 saturated carbocycles. The highest BCUT2D eigenvalue weighted by Crippen LogP contribution is 2.28. The van der Waals surface area contributed by atoms with Crippen LogP contribution in [0.5, 0.6) is 5.75 Å². The minimum atomic E-state index is -0.288. The molecular weight excluding hydrogens is 374 g/mol. The molecule has 0 radical (unpaired) electrons. The molecule has 1 aromatic heterocycles. The van der Waals surface area contributed by atoms with E-state index in [0.717, 1.165) is 16.9 Å². The molecule has 0 saturated heterocycles. The van der Waals surface area contributed by atoms with Crippen LogP contribution < -0.4 is 10.6 Å². The Labute approximate surface area is 171 Å². The third-order valence-electron chi connectivity index (χ3n) is 4.59. The summed E-state index contributed by atoms with van der Waals surface area (Å²) in [5.41, 5.74) is 2.27. The van der Waals surface area contributed by atoms with Gasteiger partial charge in [0.15, 0.2) is 5.82 Å². The molecule has 2 rings (SSSR count). The summed E-state index contributed by atoms with van der Waals surface area (Å²) in [7, 11) is 0. The van der Waals surface area contributed by atoms with Crippen LogP contribution in [0.4, 0.5) is 0 Å². The van der Waals surface area contributed by atoms with Gasteiger partial charge in [0, 0.05) is 13.1 Å². The number of carbonyl (C=O) groups excluding carboxylic acids is 1. The lowest BCUT2D eigenvalue weighted by Crippen LogP contribution is -2.36. The number of hydrogen-bond donors (Lipinski definition) is 1. The highest BCUT2D eigenvalue weighted by Gasteiger charge is 2.22. The van der Waals surface area contributed by atoms with Crippen LogP contribution in [0, 0.1) is 6.92 Å². The second kappa shape index (κ2) is 9.82. The van der Waals surface area contributed by atoms with Crippen LogP contribution in [-0.4, -0.2) is 44.0 Å². The summed E-state index contributed by atoms with van der Waals surface area (Å²) in [5.74, 6) is 7.91. The quantitative estimate of drug-likeness (QED) is 0.509. The van der Waals surface area contributed by atoms with E-state index in [1.54, 1.807) is 4.90 Å². The molecule has 1 atom stereocenters. The number of hydrogen-bond acceptors (Lipinski definition) is 6. The van der Waals surface area contributed by atoms with Gasteiger partial charge in [-0.3, -0.25) is 4.79 Å². The maximum Gasteiger partial charge on any atom is 0.235 e. The fourth-order valence-electron chi connectivity index (χ4n) is 2.87. The first kappa shape index (κ1) is 22.1. The molecule has 0 fully saturated rings. The van der Waals surface area contributed by atoms with Gasteiger partial charge in [-0.2, -0.15) is 0 Å². The summed E-state index contributed by atoms with van der Waals surface area (Å²) in [5, 5.41) is 8.49. The first-order valence-corrected chi connectivity index (χ1v) is 10.5. The summed E-state index contributed by atoms with van der Waals surface area (Å²) in [6, 6.07) is 6.19. The number of ether oxygens (including phenoxy) is 1. The Morgan fingerprint density at radius 2 is 1.93 bits per heavy atom. The molecule has 7 nitrogen and oxygen atoms in total. The van der Waals surface area contributed by atoms with Crippen molar-refractivity contribution in [2.24, 2.45) is 0 Å². The molecule has 1 amide bonds. The summed E-state index contributed by atoms with van der Waals surface area (Å²) >= 11 is 1.31. The number of nitrogen functional groups attached to an aromatic ring is 1. The van der Waals surface area contributed by atoms with Crippen LogP contribution in [0.25, 0.3) is 0 Å². The van der Waals surface area contributed by atoms with Gasteiger partial charge < -0.3 is 15.5 Å². The molecular formula is C20H31N5O2S. The lowest BCUT2D eigenvalue weighted by molar-refractivity contribution is -0.129. The van der Waals surface area contributed by atoms with E-state index in [4.69, 9.17) is 10.6 Å². The minimum Gasteiger partial charge on any atom is -0.485 e. The molecule has 1 aromatic carbocycles. The van der Waals surface area contributed by atoms with Crippen molar-refractivity contribution < 1.29 is 9.53 Å². The molecule has 1 heterocycles. The highest BCUT2D eigenvalue weighted by molar-refractivity contribution is 8.00. The molecule has 0 aliphatic rings. The van der Waals surface area contributed by atoms with Gasteiger partial charge in [0.1, 0.15) is 12.4 Å². The molecule has 0 spiro atoms. The first-order valence-electron chi connectivity index (χ1n) is 9.66. The molecule has 1 unspecified atom stereocenters. The molecule has 0 aliphatic heterocycles. The van der Waals surface area contributed by atoms with Gasteiger partial charge in [-0.15, -0.1) is 10.2 Å². The minimum absolute atomic E-state index is 0.0668. The van der Waals surface area contributed by atoms with E-state index in [9.17, 15) is 4.79 Å². The van der Waals surface area contributed by atoms with E-state index in [2.05, 4.69) is 36.2 Å². The second-order valence-corrected chi connectivity index (χ2v) is 8.33. The van der Waals surface area contributed by atoms with Crippen molar-refractivity contribution in [2.45, 2.75) is 64.5 Å². The van der Waals surface area contributed by atoms with Crippen LogP contribution in [0.3, 0.4) is 0 Å². The maximum atomic E-state index is 12.5. The Bertz CT molecular complexity index is 802. The fourth-order valence-corrected chi connectivity index (χ4v) is 3.75. The van der Waals surface area contributed by atoms with Gasteiger partial charge in [-0.05, 0) is 50.8 Å². The molecule has 2 aromatic rings. The summed E-state index contributed by atoms with van der Waals surface area (Å²) in [4.78, 5) is 14.2. The number of aryl methyl sites for hydroxylation is 1. The summed E-state index contributed by atoms with van der Waals surface area (Å²) < 4.78 is 7.40. The zero-order valence-corrected chi connectivity index (χ0v) is 18.4. The smallest absolute Gasteiger partial charge is 0.235 e. The normalized spacial score (nSPS) is 12.2. The third-order valence-corrected chi connectivity index (χ3v) is 5.63. The SMILES string of the molecule is CCN(CC)C(=O)C(C)Sc1nnc(COc2cc(C)ccc2C(C)C)n1N. The van der Waals surface area contributed by atoms with Gasteiger partial charge in [-0.1, -0.05) is 37.7 Å². The van der Waals surface area contributed by atoms with Crippen LogP contribution in [0.15, 0.2) is 23.4 Å². The standard InChI is InChI=1S/C20H31N5O2S/c1-7-24(8-2)19(26)15(6)28-20-23-22-18(25(20)21)12-27-17-11-14(5)9-10-16(17)13(3)4/h9-11,13,15H,7-8,12,21H2,1-6H3. The zero-order valence-electron chi connectivity index (χ0n) is 17.6. The van der Waals surface area contributed by atoms with E-state index >= 15 is 0 Å². The average molecular weight is 406 g/mol. The number of nitrogens with zero attached hydrogens (tertiary/aromatic N) is 4. The topological polar surface area (TPSA) is 86.3 Å². The molecule has 0 bridgehead atoms. The Morgan fingerprint density at radius 1 is 1.25 bits per heavy atom. The first-order chi connectivity index (χ1) is 13.3. The van der Waals surface area contributed by atoms with Gasteiger partial charge >= 0.3 is 0 Å². The largest absolute Gasteiger partial charge is 0.485 e. The second-order valence-electron chi connectivity index (χ2n) is 7.02. The number of carbonyl (C=O) groups is 1.